The fourth-order valence-corrected chi connectivity index (χ4v) is 1.95. The van der Waals surface area contributed by atoms with Crippen LogP contribution in [0.1, 0.15) is 32.3 Å². The van der Waals surface area contributed by atoms with Crippen LogP contribution in [0.4, 0.5) is 0 Å². The molecule has 0 saturated heterocycles. The highest BCUT2D eigenvalue weighted by Crippen LogP contribution is 2.12. The lowest BCUT2D eigenvalue weighted by Crippen LogP contribution is -2.30. The van der Waals surface area contributed by atoms with E-state index in [1.165, 1.54) is 0 Å². The van der Waals surface area contributed by atoms with E-state index in [0.717, 1.165) is 24.9 Å². The highest BCUT2D eigenvalue weighted by molar-refractivity contribution is 6.30. The smallest absolute Gasteiger partial charge is 0.246 e. The predicted molar refractivity (Wildman–Crippen MR) is 86.2 cm³/mol. The number of carbonyl (C=O) groups excluding carboxylic acids is 1. The quantitative estimate of drug-likeness (QED) is 0.530. The average Bonchev–Trinajstić information content (AvgIpc) is 2.42. The summed E-state index contributed by atoms with van der Waals surface area (Å²) < 4.78 is 0. The zero-order chi connectivity index (χ0) is 15.0. The normalized spacial score (nSPS) is 12.6. The van der Waals surface area contributed by atoms with Crippen molar-refractivity contribution in [1.29, 1.82) is 0 Å². The standard InChI is InChI=1S/C16H21Cl2NO/c1-3-4-11-19(16(20)10-5-13(2)17)12-14-6-8-15(18)9-7-14/h5-10,13H,3-4,11-12H2,1-2H3/b10-5+. The highest BCUT2D eigenvalue weighted by Gasteiger charge is 2.11. The van der Waals surface area contributed by atoms with E-state index in [9.17, 15) is 4.79 Å². The summed E-state index contributed by atoms with van der Waals surface area (Å²) in [6, 6.07) is 7.58. The van der Waals surface area contributed by atoms with E-state index in [1.807, 2.05) is 36.1 Å². The molecule has 1 unspecified atom stereocenters. The van der Waals surface area contributed by atoms with Crippen molar-refractivity contribution < 1.29 is 4.79 Å². The van der Waals surface area contributed by atoms with Crippen LogP contribution in [0, 0.1) is 0 Å². The van der Waals surface area contributed by atoms with Crippen LogP contribution >= 0.6 is 23.2 Å². The van der Waals surface area contributed by atoms with E-state index >= 15 is 0 Å². The molecule has 0 saturated carbocycles. The van der Waals surface area contributed by atoms with Crippen LogP contribution in [0.3, 0.4) is 0 Å². The number of hydrogen-bond donors (Lipinski definition) is 0. The van der Waals surface area contributed by atoms with E-state index in [4.69, 9.17) is 23.2 Å². The Labute approximate surface area is 131 Å². The maximum atomic E-state index is 12.2. The van der Waals surface area contributed by atoms with Gasteiger partial charge in [-0.05, 0) is 31.0 Å². The van der Waals surface area contributed by atoms with Crippen molar-refractivity contribution in [3.8, 4) is 0 Å². The Hall–Kier alpha value is -0.990. The zero-order valence-corrected chi connectivity index (χ0v) is 13.5. The molecule has 0 aliphatic rings. The second-order valence-corrected chi connectivity index (χ2v) is 5.90. The highest BCUT2D eigenvalue weighted by atomic mass is 35.5. The Morgan fingerprint density at radius 1 is 1.35 bits per heavy atom. The summed E-state index contributed by atoms with van der Waals surface area (Å²) >= 11 is 11.7. The number of nitrogens with zero attached hydrogens (tertiary/aromatic N) is 1. The summed E-state index contributed by atoms with van der Waals surface area (Å²) in [7, 11) is 0. The van der Waals surface area contributed by atoms with Crippen molar-refractivity contribution in [2.75, 3.05) is 6.54 Å². The van der Waals surface area contributed by atoms with Gasteiger partial charge in [-0.15, -0.1) is 11.6 Å². The van der Waals surface area contributed by atoms with Crippen molar-refractivity contribution in [3.63, 3.8) is 0 Å². The van der Waals surface area contributed by atoms with Crippen LogP contribution in [0.25, 0.3) is 0 Å². The molecule has 0 heterocycles. The van der Waals surface area contributed by atoms with Gasteiger partial charge in [-0.3, -0.25) is 4.79 Å². The van der Waals surface area contributed by atoms with E-state index in [-0.39, 0.29) is 11.3 Å². The first-order chi connectivity index (χ1) is 9.52. The van der Waals surface area contributed by atoms with E-state index in [1.54, 1.807) is 12.2 Å². The van der Waals surface area contributed by atoms with Gasteiger partial charge in [0.2, 0.25) is 5.91 Å². The van der Waals surface area contributed by atoms with Crippen LogP contribution in [-0.2, 0) is 11.3 Å². The number of carbonyl (C=O) groups is 1. The Kier molecular flexibility index (Phi) is 7.71. The monoisotopic (exact) mass is 313 g/mol. The molecule has 4 heteroatoms. The van der Waals surface area contributed by atoms with Gasteiger partial charge in [0.25, 0.3) is 0 Å². The molecule has 110 valence electrons. The van der Waals surface area contributed by atoms with E-state index < -0.39 is 0 Å². The van der Waals surface area contributed by atoms with Gasteiger partial charge in [0, 0.05) is 29.6 Å². The molecule has 0 spiro atoms. The van der Waals surface area contributed by atoms with Gasteiger partial charge in [0.05, 0.1) is 0 Å². The van der Waals surface area contributed by atoms with Gasteiger partial charge in [0.15, 0.2) is 0 Å². The lowest BCUT2D eigenvalue weighted by Gasteiger charge is -2.21. The van der Waals surface area contributed by atoms with Gasteiger partial charge in [-0.2, -0.15) is 0 Å². The summed E-state index contributed by atoms with van der Waals surface area (Å²) in [6.45, 7) is 5.29. The van der Waals surface area contributed by atoms with Crippen molar-refractivity contribution in [2.45, 2.75) is 38.6 Å². The molecule has 0 N–H and O–H groups in total. The summed E-state index contributed by atoms with van der Waals surface area (Å²) in [5, 5.41) is 0.568. The molecule has 0 radical (unpaired) electrons. The van der Waals surface area contributed by atoms with Crippen LogP contribution in [0.5, 0.6) is 0 Å². The first-order valence-corrected chi connectivity index (χ1v) is 7.70. The number of unbranched alkanes of at least 4 members (excludes halogenated alkanes) is 1. The Morgan fingerprint density at radius 2 is 2.00 bits per heavy atom. The van der Waals surface area contributed by atoms with Gasteiger partial charge >= 0.3 is 0 Å². The number of hydrogen-bond acceptors (Lipinski definition) is 1. The summed E-state index contributed by atoms with van der Waals surface area (Å²) in [5.74, 6) is 0.000833. The first-order valence-electron chi connectivity index (χ1n) is 6.88. The molecule has 0 bridgehead atoms. The molecule has 2 nitrogen and oxygen atoms in total. The first kappa shape index (κ1) is 17.1. The lowest BCUT2D eigenvalue weighted by molar-refractivity contribution is -0.126. The largest absolute Gasteiger partial charge is 0.335 e. The Morgan fingerprint density at radius 3 is 2.55 bits per heavy atom. The molecule has 0 aromatic heterocycles. The third-order valence-corrected chi connectivity index (χ3v) is 3.28. The number of halogens is 2. The fourth-order valence-electron chi connectivity index (χ4n) is 1.75. The molecular formula is C16H21Cl2NO. The lowest BCUT2D eigenvalue weighted by atomic mass is 10.2. The van der Waals surface area contributed by atoms with Crippen molar-refractivity contribution in [1.82, 2.24) is 4.90 Å². The fraction of sp³-hybridized carbons (Fsp3) is 0.438. The third-order valence-electron chi connectivity index (χ3n) is 2.88. The molecule has 20 heavy (non-hydrogen) atoms. The zero-order valence-electron chi connectivity index (χ0n) is 12.0. The number of benzene rings is 1. The Balaban J connectivity index is 2.72. The molecule has 0 fully saturated rings. The molecule has 1 aromatic rings. The number of allylic oxidation sites excluding steroid dienone is 1. The van der Waals surface area contributed by atoms with Gasteiger partial charge in [0.1, 0.15) is 0 Å². The van der Waals surface area contributed by atoms with Crippen LogP contribution < -0.4 is 0 Å². The second kappa shape index (κ2) is 9.04. The molecule has 1 rings (SSSR count). The van der Waals surface area contributed by atoms with Gasteiger partial charge < -0.3 is 4.90 Å². The average molecular weight is 314 g/mol. The Bertz CT molecular complexity index is 440. The minimum atomic E-state index is -0.137. The molecule has 1 amide bonds. The van der Waals surface area contributed by atoms with Crippen LogP contribution in [0.15, 0.2) is 36.4 Å². The maximum absolute atomic E-state index is 12.2. The van der Waals surface area contributed by atoms with E-state index in [0.29, 0.717) is 11.6 Å². The minimum absolute atomic E-state index is 0.000833. The van der Waals surface area contributed by atoms with Crippen molar-refractivity contribution in [3.05, 3.63) is 47.0 Å². The summed E-state index contributed by atoms with van der Waals surface area (Å²) in [5.41, 5.74) is 1.08. The number of amides is 1. The minimum Gasteiger partial charge on any atom is -0.335 e. The van der Waals surface area contributed by atoms with Crippen molar-refractivity contribution in [2.24, 2.45) is 0 Å². The molecule has 1 aromatic carbocycles. The molecule has 1 atom stereocenters. The third kappa shape index (κ3) is 6.44. The van der Waals surface area contributed by atoms with Gasteiger partial charge in [-0.1, -0.05) is 43.2 Å². The predicted octanol–water partition coefficient (Wildman–Crippen LogP) is 4.65. The topological polar surface area (TPSA) is 20.3 Å². The number of alkyl halides is 1. The maximum Gasteiger partial charge on any atom is 0.246 e. The van der Waals surface area contributed by atoms with Gasteiger partial charge in [-0.25, -0.2) is 0 Å². The molecule has 0 aliphatic heterocycles. The SMILES string of the molecule is CCCCN(Cc1ccc(Cl)cc1)C(=O)/C=C/C(C)Cl. The second-order valence-electron chi connectivity index (χ2n) is 4.78. The molecule has 0 aliphatic carbocycles. The summed E-state index contributed by atoms with van der Waals surface area (Å²) in [6.07, 6.45) is 5.32. The summed E-state index contributed by atoms with van der Waals surface area (Å²) in [4.78, 5) is 14.0. The van der Waals surface area contributed by atoms with Crippen molar-refractivity contribution >= 4 is 29.1 Å². The molecular weight excluding hydrogens is 293 g/mol. The van der Waals surface area contributed by atoms with E-state index in [2.05, 4.69) is 6.92 Å². The number of rotatable bonds is 7. The van der Waals surface area contributed by atoms with Crippen LogP contribution in [0.2, 0.25) is 5.02 Å². The van der Waals surface area contributed by atoms with Crippen LogP contribution in [-0.4, -0.2) is 22.7 Å².